The first-order valence-corrected chi connectivity index (χ1v) is 10.8. The van der Waals surface area contributed by atoms with Gasteiger partial charge in [0, 0.05) is 37.7 Å². The van der Waals surface area contributed by atoms with Crippen molar-refractivity contribution in [2.24, 2.45) is 4.99 Å². The second-order valence-electron chi connectivity index (χ2n) is 6.06. The van der Waals surface area contributed by atoms with Crippen molar-refractivity contribution >= 4 is 57.5 Å². The normalized spacial score (nSPS) is 14.5. The number of aliphatic imine (C=N–C) groups is 1. The van der Waals surface area contributed by atoms with Crippen molar-refractivity contribution in [3.05, 3.63) is 29.3 Å². The average molecular weight is 544 g/mol. The molecule has 8 nitrogen and oxygen atoms in total. The molecule has 0 saturated carbocycles. The van der Waals surface area contributed by atoms with Crippen LogP contribution < -0.4 is 15.4 Å². The zero-order valence-electron chi connectivity index (χ0n) is 15.8. The highest BCUT2D eigenvalue weighted by molar-refractivity contribution is 14.0. The predicted octanol–water partition coefficient (Wildman–Crippen LogP) is 1.41. The maximum atomic E-state index is 12.2. The number of hydrogen-bond donors (Lipinski definition) is 3. The number of hydrogen-bond acceptors (Lipinski definition) is 4. The number of nitrogens with zero attached hydrogens (tertiary/aromatic N) is 2. The minimum atomic E-state index is -3.63. The molecule has 0 aliphatic carbocycles. The van der Waals surface area contributed by atoms with Gasteiger partial charge in [-0.25, -0.2) is 18.1 Å². The molecule has 0 atom stereocenters. The van der Waals surface area contributed by atoms with Crippen LogP contribution in [-0.2, 0) is 14.8 Å². The first-order chi connectivity index (χ1) is 12.9. The Morgan fingerprint density at radius 3 is 2.57 bits per heavy atom. The molecule has 28 heavy (non-hydrogen) atoms. The maximum absolute atomic E-state index is 12.2. The van der Waals surface area contributed by atoms with Crippen molar-refractivity contribution in [1.29, 1.82) is 0 Å². The van der Waals surface area contributed by atoms with Crippen LogP contribution in [0.15, 0.2) is 34.2 Å². The van der Waals surface area contributed by atoms with Gasteiger partial charge in [0.05, 0.1) is 4.90 Å². The van der Waals surface area contributed by atoms with Gasteiger partial charge in [-0.1, -0.05) is 17.7 Å². The van der Waals surface area contributed by atoms with Crippen LogP contribution in [0.1, 0.15) is 19.8 Å². The summed E-state index contributed by atoms with van der Waals surface area (Å²) in [6, 6.07) is 6.08. The van der Waals surface area contributed by atoms with Gasteiger partial charge in [-0.3, -0.25) is 4.79 Å². The third-order valence-electron chi connectivity index (χ3n) is 3.99. The van der Waals surface area contributed by atoms with Crippen molar-refractivity contribution in [1.82, 2.24) is 20.3 Å². The molecule has 1 heterocycles. The Hall–Kier alpha value is -1.11. The van der Waals surface area contributed by atoms with Crippen LogP contribution in [0.2, 0.25) is 5.02 Å². The molecule has 1 aliphatic rings. The summed E-state index contributed by atoms with van der Waals surface area (Å²) in [6.45, 7) is 4.71. The molecule has 0 radical (unpaired) electrons. The molecular weight excluding hydrogens is 517 g/mol. The maximum Gasteiger partial charge on any atom is 0.244 e. The molecule has 2 rings (SSSR count). The zero-order chi connectivity index (χ0) is 19.7. The molecule has 3 N–H and O–H groups in total. The Kier molecular flexibility index (Phi) is 11.1. The minimum Gasteiger partial charge on any atom is -0.357 e. The summed E-state index contributed by atoms with van der Waals surface area (Å²) in [7, 11) is -3.63. The number of guanidine groups is 1. The largest absolute Gasteiger partial charge is 0.357 e. The molecule has 1 aliphatic heterocycles. The van der Waals surface area contributed by atoms with E-state index in [0.717, 1.165) is 25.9 Å². The van der Waals surface area contributed by atoms with Gasteiger partial charge in [-0.05, 0) is 38.0 Å². The van der Waals surface area contributed by atoms with Crippen LogP contribution >= 0.6 is 35.6 Å². The van der Waals surface area contributed by atoms with Crippen LogP contribution in [0.25, 0.3) is 0 Å². The topological polar surface area (TPSA) is 103 Å². The number of likely N-dealkylation sites (tertiary alicyclic amines) is 1. The Morgan fingerprint density at radius 2 is 1.93 bits per heavy atom. The second-order valence-corrected chi connectivity index (χ2v) is 8.27. The van der Waals surface area contributed by atoms with Crippen LogP contribution in [0.3, 0.4) is 0 Å². The molecule has 0 unspecified atom stereocenters. The van der Waals surface area contributed by atoms with Crippen molar-refractivity contribution in [3.63, 3.8) is 0 Å². The highest BCUT2D eigenvalue weighted by Gasteiger charge is 2.17. The third kappa shape index (κ3) is 8.10. The number of rotatable bonds is 8. The van der Waals surface area contributed by atoms with Crippen molar-refractivity contribution in [2.45, 2.75) is 24.7 Å². The second kappa shape index (κ2) is 12.5. The summed E-state index contributed by atoms with van der Waals surface area (Å²) in [5.41, 5.74) is 0. The summed E-state index contributed by atoms with van der Waals surface area (Å²) in [5.74, 6) is 0.485. The smallest absolute Gasteiger partial charge is 0.244 e. The fourth-order valence-corrected chi connectivity index (χ4v) is 3.97. The lowest BCUT2D eigenvalue weighted by molar-refractivity contribution is -0.128. The van der Waals surface area contributed by atoms with Gasteiger partial charge >= 0.3 is 0 Å². The van der Waals surface area contributed by atoms with Gasteiger partial charge in [0.2, 0.25) is 15.9 Å². The molecule has 158 valence electrons. The van der Waals surface area contributed by atoms with Crippen molar-refractivity contribution in [2.75, 3.05) is 39.3 Å². The average Bonchev–Trinajstić information content (AvgIpc) is 3.17. The van der Waals surface area contributed by atoms with Crippen LogP contribution in [0.5, 0.6) is 0 Å². The van der Waals surface area contributed by atoms with E-state index >= 15 is 0 Å². The van der Waals surface area contributed by atoms with Crippen LogP contribution in [-0.4, -0.2) is 64.5 Å². The summed E-state index contributed by atoms with van der Waals surface area (Å²) in [4.78, 5) is 18.3. The molecule has 1 saturated heterocycles. The van der Waals surface area contributed by atoms with E-state index in [1.54, 1.807) is 12.1 Å². The molecule has 0 bridgehead atoms. The SMILES string of the molecule is CCNC(=NCC(=O)N1CCCC1)NCCNS(=O)(=O)c1cccc(Cl)c1.I. The van der Waals surface area contributed by atoms with E-state index in [4.69, 9.17) is 11.6 Å². The highest BCUT2D eigenvalue weighted by atomic mass is 127. The number of benzene rings is 1. The van der Waals surface area contributed by atoms with E-state index in [9.17, 15) is 13.2 Å². The number of carbonyl (C=O) groups is 1. The zero-order valence-corrected chi connectivity index (χ0v) is 19.7. The highest BCUT2D eigenvalue weighted by Crippen LogP contribution is 2.14. The molecular formula is C17H27ClIN5O3S. The number of halogens is 2. The number of amides is 1. The van der Waals surface area contributed by atoms with Gasteiger partial charge in [0.1, 0.15) is 6.54 Å². The summed E-state index contributed by atoms with van der Waals surface area (Å²) >= 11 is 5.84. The van der Waals surface area contributed by atoms with Crippen molar-refractivity contribution in [3.8, 4) is 0 Å². The van der Waals surface area contributed by atoms with Gasteiger partial charge < -0.3 is 15.5 Å². The van der Waals surface area contributed by atoms with Crippen molar-refractivity contribution < 1.29 is 13.2 Å². The summed E-state index contributed by atoms with van der Waals surface area (Å²) in [6.07, 6.45) is 2.08. The first-order valence-electron chi connectivity index (χ1n) is 8.97. The predicted molar refractivity (Wildman–Crippen MR) is 122 cm³/mol. The lowest BCUT2D eigenvalue weighted by Crippen LogP contribution is -2.42. The molecule has 0 spiro atoms. The lowest BCUT2D eigenvalue weighted by atomic mass is 10.4. The fraction of sp³-hybridized carbons (Fsp3) is 0.529. The van der Waals surface area contributed by atoms with E-state index in [1.807, 2.05) is 11.8 Å². The van der Waals surface area contributed by atoms with Gasteiger partial charge in [-0.15, -0.1) is 24.0 Å². The Morgan fingerprint density at radius 1 is 1.21 bits per heavy atom. The van der Waals surface area contributed by atoms with Gasteiger partial charge in [0.25, 0.3) is 0 Å². The molecule has 0 aromatic heterocycles. The first kappa shape index (κ1) is 24.9. The van der Waals surface area contributed by atoms with Crippen LogP contribution in [0, 0.1) is 0 Å². The molecule has 11 heteroatoms. The van der Waals surface area contributed by atoms with Gasteiger partial charge in [0.15, 0.2) is 5.96 Å². The number of sulfonamides is 1. The van der Waals surface area contributed by atoms with Gasteiger partial charge in [-0.2, -0.15) is 0 Å². The summed E-state index contributed by atoms with van der Waals surface area (Å²) < 4.78 is 26.9. The molecule has 1 amide bonds. The fourth-order valence-electron chi connectivity index (χ4n) is 2.64. The summed E-state index contributed by atoms with van der Waals surface area (Å²) in [5, 5.41) is 6.42. The Labute approximate surface area is 188 Å². The monoisotopic (exact) mass is 543 g/mol. The molecule has 1 aromatic carbocycles. The third-order valence-corrected chi connectivity index (χ3v) is 5.69. The Balaban J connectivity index is 0.00000392. The van der Waals surface area contributed by atoms with E-state index in [-0.39, 0.29) is 47.9 Å². The standard InChI is InChI=1S/C17H26ClN5O3S.HI/c1-2-19-17(21-13-16(24)23-10-3-4-11-23)20-8-9-22-27(25,26)15-7-5-6-14(18)12-15;/h5-7,12,22H,2-4,8-11,13H2,1H3,(H2,19,20,21);1H. The van der Waals surface area contributed by atoms with E-state index < -0.39 is 10.0 Å². The quantitative estimate of drug-likeness (QED) is 0.199. The van der Waals surface area contributed by atoms with E-state index in [2.05, 4.69) is 20.3 Å². The van der Waals surface area contributed by atoms with E-state index in [1.165, 1.54) is 12.1 Å². The Bertz CT molecular complexity index is 770. The lowest BCUT2D eigenvalue weighted by Gasteiger charge is -2.15. The number of nitrogens with one attached hydrogen (secondary N) is 3. The van der Waals surface area contributed by atoms with Crippen LogP contribution in [0.4, 0.5) is 0 Å². The molecule has 1 fully saturated rings. The minimum absolute atomic E-state index is 0. The number of carbonyl (C=O) groups excluding carboxylic acids is 1. The van der Waals surface area contributed by atoms with E-state index in [0.29, 0.717) is 24.1 Å². The molecule has 1 aromatic rings.